The predicted molar refractivity (Wildman–Crippen MR) is 79.5 cm³/mol. The van der Waals surface area contributed by atoms with Crippen LogP contribution in [0.4, 0.5) is 0 Å². The number of para-hydroxylation sites is 1. The van der Waals surface area contributed by atoms with E-state index < -0.39 is 6.04 Å². The standard InChI is InChI=1S/C16H20N2O2/c1-10(2)16(11(3)19)18-15(20)8-12-9-17-14-7-5-4-6-13(12)14/h4-7,9-10,16-17H,8H2,1-3H3,(H,18,20)/t16-/m0/s1. The number of amides is 1. The predicted octanol–water partition coefficient (Wildman–Crippen LogP) is 2.44. The molecule has 2 rings (SSSR count). The number of rotatable bonds is 5. The summed E-state index contributed by atoms with van der Waals surface area (Å²) in [5, 5.41) is 3.86. The Hall–Kier alpha value is -2.10. The first-order valence-electron chi connectivity index (χ1n) is 6.84. The van der Waals surface area contributed by atoms with Gasteiger partial charge in [0, 0.05) is 17.1 Å². The molecule has 20 heavy (non-hydrogen) atoms. The molecule has 0 aliphatic rings. The van der Waals surface area contributed by atoms with Crippen LogP contribution in [0.25, 0.3) is 10.9 Å². The van der Waals surface area contributed by atoms with Crippen molar-refractivity contribution in [2.75, 3.05) is 0 Å². The minimum absolute atomic E-state index is 0.00715. The van der Waals surface area contributed by atoms with E-state index in [1.807, 2.05) is 44.3 Å². The molecule has 4 nitrogen and oxygen atoms in total. The lowest BCUT2D eigenvalue weighted by Crippen LogP contribution is -2.43. The zero-order valence-corrected chi connectivity index (χ0v) is 12.1. The molecular formula is C16H20N2O2. The van der Waals surface area contributed by atoms with Crippen molar-refractivity contribution in [1.29, 1.82) is 0 Å². The molecule has 1 aromatic heterocycles. The first kappa shape index (κ1) is 14.3. The smallest absolute Gasteiger partial charge is 0.225 e. The molecule has 0 fully saturated rings. The highest BCUT2D eigenvalue weighted by molar-refractivity contribution is 5.91. The van der Waals surface area contributed by atoms with Gasteiger partial charge in [-0.1, -0.05) is 32.0 Å². The first-order chi connectivity index (χ1) is 9.49. The Morgan fingerprint density at radius 1 is 1.25 bits per heavy atom. The number of nitrogens with one attached hydrogen (secondary N) is 2. The van der Waals surface area contributed by atoms with E-state index in [9.17, 15) is 9.59 Å². The summed E-state index contributed by atoms with van der Waals surface area (Å²) in [6.07, 6.45) is 2.13. The molecule has 0 radical (unpaired) electrons. The Kier molecular flexibility index (Phi) is 4.23. The molecule has 1 atom stereocenters. The zero-order chi connectivity index (χ0) is 14.7. The number of benzene rings is 1. The Labute approximate surface area is 118 Å². The van der Waals surface area contributed by atoms with Crippen molar-refractivity contribution in [3.63, 3.8) is 0 Å². The molecule has 1 aromatic carbocycles. The number of fused-ring (bicyclic) bond motifs is 1. The summed E-state index contributed by atoms with van der Waals surface area (Å²) in [5.41, 5.74) is 1.96. The summed E-state index contributed by atoms with van der Waals surface area (Å²) in [6, 6.07) is 7.45. The zero-order valence-electron chi connectivity index (χ0n) is 12.1. The number of hydrogen-bond acceptors (Lipinski definition) is 2. The Balaban J connectivity index is 2.10. The Morgan fingerprint density at radius 2 is 1.95 bits per heavy atom. The maximum absolute atomic E-state index is 12.1. The quantitative estimate of drug-likeness (QED) is 0.878. The molecule has 2 N–H and O–H groups in total. The molecular weight excluding hydrogens is 252 g/mol. The summed E-state index contributed by atoms with van der Waals surface area (Å²) in [4.78, 5) is 26.8. The van der Waals surface area contributed by atoms with Gasteiger partial charge in [0.25, 0.3) is 0 Å². The van der Waals surface area contributed by atoms with Crippen LogP contribution in [0.1, 0.15) is 26.3 Å². The second kappa shape index (κ2) is 5.90. The molecule has 1 amide bonds. The van der Waals surface area contributed by atoms with Gasteiger partial charge in [0.1, 0.15) is 0 Å². The number of aromatic nitrogens is 1. The molecule has 0 saturated heterocycles. The average molecular weight is 272 g/mol. The molecule has 0 saturated carbocycles. The Morgan fingerprint density at radius 3 is 2.60 bits per heavy atom. The van der Waals surface area contributed by atoms with E-state index in [1.165, 1.54) is 6.92 Å². The molecule has 0 aliphatic heterocycles. The third-order valence-electron chi connectivity index (χ3n) is 3.45. The maximum atomic E-state index is 12.1. The lowest BCUT2D eigenvalue weighted by atomic mass is 10.0. The summed E-state index contributed by atoms with van der Waals surface area (Å²) in [7, 11) is 0. The van der Waals surface area contributed by atoms with Gasteiger partial charge < -0.3 is 10.3 Å². The van der Waals surface area contributed by atoms with Crippen molar-refractivity contribution in [2.45, 2.75) is 33.2 Å². The summed E-state index contributed by atoms with van der Waals surface area (Å²) >= 11 is 0. The third-order valence-corrected chi connectivity index (χ3v) is 3.45. The first-order valence-corrected chi connectivity index (χ1v) is 6.84. The van der Waals surface area contributed by atoms with Gasteiger partial charge >= 0.3 is 0 Å². The van der Waals surface area contributed by atoms with Crippen LogP contribution in [0.3, 0.4) is 0 Å². The number of ketones is 1. The van der Waals surface area contributed by atoms with Crippen LogP contribution >= 0.6 is 0 Å². The van der Waals surface area contributed by atoms with Crippen LogP contribution in [0.5, 0.6) is 0 Å². The molecule has 0 unspecified atom stereocenters. The lowest BCUT2D eigenvalue weighted by Gasteiger charge is -2.19. The molecule has 0 bridgehead atoms. The second-order valence-corrected chi connectivity index (χ2v) is 5.44. The number of aromatic amines is 1. The minimum atomic E-state index is -0.410. The van der Waals surface area contributed by atoms with Crippen molar-refractivity contribution in [3.8, 4) is 0 Å². The van der Waals surface area contributed by atoms with Gasteiger partial charge in [0.2, 0.25) is 5.91 Å². The van der Waals surface area contributed by atoms with Crippen molar-refractivity contribution in [3.05, 3.63) is 36.0 Å². The fourth-order valence-electron chi connectivity index (χ4n) is 2.41. The number of Topliss-reactive ketones (excluding diaryl/α,β-unsaturated/α-hetero) is 1. The van der Waals surface area contributed by atoms with E-state index in [2.05, 4.69) is 10.3 Å². The van der Waals surface area contributed by atoms with Crippen molar-refractivity contribution in [1.82, 2.24) is 10.3 Å². The fraction of sp³-hybridized carbons (Fsp3) is 0.375. The van der Waals surface area contributed by atoms with Gasteiger partial charge in [0.05, 0.1) is 12.5 Å². The van der Waals surface area contributed by atoms with Crippen LogP contribution in [0.2, 0.25) is 0 Å². The SMILES string of the molecule is CC(=O)[C@@H](NC(=O)Cc1c[nH]c2ccccc12)C(C)C. The van der Waals surface area contributed by atoms with E-state index in [0.717, 1.165) is 16.5 Å². The normalized spacial score (nSPS) is 12.6. The Bertz CT molecular complexity index is 628. The van der Waals surface area contributed by atoms with Crippen molar-refractivity contribution in [2.24, 2.45) is 5.92 Å². The largest absolute Gasteiger partial charge is 0.361 e. The van der Waals surface area contributed by atoms with Gasteiger partial charge in [0.15, 0.2) is 5.78 Å². The molecule has 1 heterocycles. The van der Waals surface area contributed by atoms with Gasteiger partial charge in [-0.15, -0.1) is 0 Å². The molecule has 4 heteroatoms. The maximum Gasteiger partial charge on any atom is 0.225 e. The summed E-state index contributed by atoms with van der Waals surface area (Å²) in [6.45, 7) is 5.37. The molecule has 2 aromatic rings. The monoisotopic (exact) mass is 272 g/mol. The number of carbonyl (C=O) groups is 2. The van der Waals surface area contributed by atoms with E-state index >= 15 is 0 Å². The number of hydrogen-bond donors (Lipinski definition) is 2. The van der Waals surface area contributed by atoms with Crippen molar-refractivity contribution >= 4 is 22.6 Å². The van der Waals surface area contributed by atoms with Gasteiger partial charge in [-0.2, -0.15) is 0 Å². The van der Waals surface area contributed by atoms with Crippen LogP contribution in [-0.2, 0) is 16.0 Å². The van der Waals surface area contributed by atoms with Gasteiger partial charge in [-0.25, -0.2) is 0 Å². The number of H-pyrrole nitrogens is 1. The topological polar surface area (TPSA) is 62.0 Å². The number of carbonyl (C=O) groups excluding carboxylic acids is 2. The highest BCUT2D eigenvalue weighted by Crippen LogP contribution is 2.18. The molecule has 106 valence electrons. The van der Waals surface area contributed by atoms with Crippen LogP contribution < -0.4 is 5.32 Å². The van der Waals surface area contributed by atoms with Gasteiger partial charge in [-0.05, 0) is 24.5 Å². The van der Waals surface area contributed by atoms with E-state index in [1.54, 1.807) is 0 Å². The highest BCUT2D eigenvalue weighted by atomic mass is 16.2. The molecule has 0 aliphatic carbocycles. The second-order valence-electron chi connectivity index (χ2n) is 5.44. The van der Waals surface area contributed by atoms with Crippen LogP contribution in [-0.4, -0.2) is 22.7 Å². The van der Waals surface area contributed by atoms with Crippen LogP contribution in [0.15, 0.2) is 30.5 Å². The van der Waals surface area contributed by atoms with Crippen molar-refractivity contribution < 1.29 is 9.59 Å². The average Bonchev–Trinajstić information content (AvgIpc) is 2.79. The van der Waals surface area contributed by atoms with Crippen LogP contribution in [0, 0.1) is 5.92 Å². The van der Waals surface area contributed by atoms with E-state index in [-0.39, 0.29) is 24.0 Å². The minimum Gasteiger partial charge on any atom is -0.361 e. The third kappa shape index (κ3) is 3.07. The fourth-order valence-corrected chi connectivity index (χ4v) is 2.41. The van der Waals surface area contributed by atoms with E-state index in [0.29, 0.717) is 0 Å². The summed E-state index contributed by atoms with van der Waals surface area (Å²) < 4.78 is 0. The molecule has 0 spiro atoms. The highest BCUT2D eigenvalue weighted by Gasteiger charge is 2.21. The van der Waals surface area contributed by atoms with Gasteiger partial charge in [-0.3, -0.25) is 9.59 Å². The summed E-state index contributed by atoms with van der Waals surface area (Å²) in [5.74, 6) is -0.0321. The lowest BCUT2D eigenvalue weighted by molar-refractivity contribution is -0.127. The van der Waals surface area contributed by atoms with E-state index in [4.69, 9.17) is 0 Å².